The summed E-state index contributed by atoms with van der Waals surface area (Å²) in [5, 5.41) is 0.426. The zero-order valence-corrected chi connectivity index (χ0v) is 20.7. The van der Waals surface area contributed by atoms with Gasteiger partial charge in [-0.25, -0.2) is 4.39 Å². The summed E-state index contributed by atoms with van der Waals surface area (Å²) in [5.41, 5.74) is 3.08. The Morgan fingerprint density at radius 1 is 1.00 bits per heavy atom. The highest BCUT2D eigenvalue weighted by Crippen LogP contribution is 2.35. The number of amides is 2. The minimum atomic E-state index is -0.487. The van der Waals surface area contributed by atoms with E-state index in [1.807, 2.05) is 29.0 Å². The number of nitrogens with zero attached hydrogens (tertiary/aromatic N) is 2. The van der Waals surface area contributed by atoms with Crippen LogP contribution in [0.4, 0.5) is 9.18 Å². The molecular weight excluding hydrogens is 531 g/mol. The first-order valence-corrected chi connectivity index (χ1v) is 12.4. The molecule has 0 N–H and O–H groups in total. The van der Waals surface area contributed by atoms with Crippen LogP contribution in [0, 0.1) is 5.82 Å². The molecule has 0 saturated carbocycles. The van der Waals surface area contributed by atoms with Gasteiger partial charge in [0.25, 0.3) is 11.1 Å². The molecule has 4 aromatic rings. The Bertz CT molecular complexity index is 1500. The van der Waals surface area contributed by atoms with Crippen LogP contribution in [0.3, 0.4) is 0 Å². The van der Waals surface area contributed by atoms with E-state index in [2.05, 4.69) is 15.9 Å². The maximum atomic E-state index is 13.3. The summed E-state index contributed by atoms with van der Waals surface area (Å²) >= 11 is 4.33. The van der Waals surface area contributed by atoms with Gasteiger partial charge in [0.1, 0.15) is 5.82 Å². The minimum absolute atomic E-state index is 0.261. The van der Waals surface area contributed by atoms with Gasteiger partial charge in [0.15, 0.2) is 5.78 Å². The Labute approximate surface area is 213 Å². The van der Waals surface area contributed by atoms with Crippen molar-refractivity contribution >= 4 is 61.6 Å². The largest absolute Gasteiger partial charge is 0.342 e. The molecule has 0 aliphatic carbocycles. The fourth-order valence-corrected chi connectivity index (χ4v) is 5.16. The van der Waals surface area contributed by atoms with Crippen LogP contribution in [0.25, 0.3) is 17.0 Å². The summed E-state index contributed by atoms with van der Waals surface area (Å²) < 4.78 is 16.2. The number of ketones is 1. The van der Waals surface area contributed by atoms with E-state index in [0.717, 1.165) is 43.2 Å². The van der Waals surface area contributed by atoms with Crippen molar-refractivity contribution < 1.29 is 18.8 Å². The number of imide groups is 1. The topological polar surface area (TPSA) is 59.4 Å². The third-order valence-corrected chi connectivity index (χ3v) is 7.10. The van der Waals surface area contributed by atoms with E-state index in [1.54, 1.807) is 48.5 Å². The van der Waals surface area contributed by atoms with Gasteiger partial charge in [-0.15, -0.1) is 0 Å². The van der Waals surface area contributed by atoms with E-state index >= 15 is 0 Å². The van der Waals surface area contributed by atoms with Crippen molar-refractivity contribution in [3.63, 3.8) is 0 Å². The lowest BCUT2D eigenvalue weighted by Gasteiger charge is -2.11. The molecule has 0 unspecified atom stereocenters. The number of benzene rings is 3. The molecule has 1 aromatic heterocycles. The van der Waals surface area contributed by atoms with Crippen molar-refractivity contribution in [2.75, 3.05) is 6.54 Å². The molecule has 8 heteroatoms. The Hall–Kier alpha value is -3.49. The van der Waals surface area contributed by atoms with Crippen molar-refractivity contribution in [2.24, 2.45) is 0 Å². The van der Waals surface area contributed by atoms with Gasteiger partial charge in [0.2, 0.25) is 0 Å². The summed E-state index contributed by atoms with van der Waals surface area (Å²) in [4.78, 5) is 39.4. The molecule has 0 spiro atoms. The maximum Gasteiger partial charge on any atom is 0.293 e. The molecule has 0 atom stereocenters. The Morgan fingerprint density at radius 2 is 1.74 bits per heavy atom. The van der Waals surface area contributed by atoms with Crippen molar-refractivity contribution in [3.8, 4) is 0 Å². The van der Waals surface area contributed by atoms with Gasteiger partial charge in [0.05, 0.1) is 11.4 Å². The van der Waals surface area contributed by atoms with Crippen LogP contribution in [-0.2, 0) is 11.3 Å². The lowest BCUT2D eigenvalue weighted by Crippen LogP contribution is -2.33. The first-order valence-electron chi connectivity index (χ1n) is 10.8. The fourth-order valence-electron chi connectivity index (χ4n) is 3.97. The normalized spacial score (nSPS) is 14.9. The first kappa shape index (κ1) is 23.3. The monoisotopic (exact) mass is 548 g/mol. The lowest BCUT2D eigenvalue weighted by atomic mass is 10.1. The van der Waals surface area contributed by atoms with Crippen molar-refractivity contribution in [3.05, 3.63) is 111 Å². The smallest absolute Gasteiger partial charge is 0.293 e. The summed E-state index contributed by atoms with van der Waals surface area (Å²) in [6.45, 7) is 0.212. The zero-order valence-electron chi connectivity index (χ0n) is 18.3. The maximum absolute atomic E-state index is 13.3. The number of halogens is 2. The van der Waals surface area contributed by atoms with E-state index in [1.165, 1.54) is 12.1 Å². The summed E-state index contributed by atoms with van der Waals surface area (Å²) in [6.07, 6.45) is 3.59. The molecule has 2 heterocycles. The van der Waals surface area contributed by atoms with Crippen LogP contribution in [0.5, 0.6) is 0 Å². The summed E-state index contributed by atoms with van der Waals surface area (Å²) in [6, 6.07) is 20.7. The lowest BCUT2D eigenvalue weighted by molar-refractivity contribution is -0.122. The van der Waals surface area contributed by atoms with Gasteiger partial charge in [-0.3, -0.25) is 19.3 Å². The predicted octanol–water partition coefficient (Wildman–Crippen LogP) is 6.51. The molecule has 5 rings (SSSR count). The van der Waals surface area contributed by atoms with E-state index in [-0.39, 0.29) is 23.1 Å². The second kappa shape index (κ2) is 9.64. The Balaban J connectivity index is 1.45. The third kappa shape index (κ3) is 4.85. The van der Waals surface area contributed by atoms with E-state index < -0.39 is 11.1 Å². The van der Waals surface area contributed by atoms with Gasteiger partial charge in [0, 0.05) is 39.2 Å². The minimum Gasteiger partial charge on any atom is -0.342 e. The van der Waals surface area contributed by atoms with Gasteiger partial charge < -0.3 is 4.57 Å². The molecule has 174 valence electrons. The highest BCUT2D eigenvalue weighted by atomic mass is 79.9. The van der Waals surface area contributed by atoms with Crippen LogP contribution in [0.2, 0.25) is 0 Å². The van der Waals surface area contributed by atoms with Crippen molar-refractivity contribution in [1.29, 1.82) is 0 Å². The zero-order chi connectivity index (χ0) is 24.5. The van der Waals surface area contributed by atoms with E-state index in [9.17, 15) is 18.8 Å². The molecule has 1 aliphatic heterocycles. The van der Waals surface area contributed by atoms with Crippen LogP contribution in [0.15, 0.2) is 88.4 Å². The number of thioether (sulfide) groups is 1. The quantitative estimate of drug-likeness (QED) is 0.203. The molecular formula is C27H18BrFN2O3S. The van der Waals surface area contributed by atoms with Gasteiger partial charge in [-0.05, 0) is 53.7 Å². The molecule has 5 nitrogen and oxygen atoms in total. The Morgan fingerprint density at radius 3 is 2.49 bits per heavy atom. The number of Topliss-reactive ketones (excluding diaryl/α,β-unsaturated/α-hetero) is 1. The molecule has 3 aromatic carbocycles. The number of carbonyl (C=O) groups is 3. The highest BCUT2D eigenvalue weighted by molar-refractivity contribution is 9.10. The fraction of sp³-hybridized carbons (Fsp3) is 0.0741. The second-order valence-corrected chi connectivity index (χ2v) is 9.97. The number of rotatable bonds is 6. The van der Waals surface area contributed by atoms with Crippen molar-refractivity contribution in [2.45, 2.75) is 6.54 Å². The first-order chi connectivity index (χ1) is 16.9. The standard InChI is InChI=1S/C27H18BrFN2O3S/c28-20-8-11-23-22(13-20)19(15-30(23)14-17-6-9-21(29)10-7-17)12-25-26(33)31(27(34)35-25)16-24(32)18-4-2-1-3-5-18/h1-13,15H,14,16H2/b25-12-. The average Bonchev–Trinajstić information content (AvgIpc) is 3.32. The molecule has 35 heavy (non-hydrogen) atoms. The molecule has 0 radical (unpaired) electrons. The third-order valence-electron chi connectivity index (χ3n) is 5.70. The second-order valence-electron chi connectivity index (χ2n) is 8.06. The number of hydrogen-bond donors (Lipinski definition) is 0. The van der Waals surface area contributed by atoms with Crippen LogP contribution < -0.4 is 0 Å². The molecule has 1 fully saturated rings. The van der Waals surface area contributed by atoms with Gasteiger partial charge >= 0.3 is 0 Å². The van der Waals surface area contributed by atoms with Crippen LogP contribution in [0.1, 0.15) is 21.5 Å². The summed E-state index contributed by atoms with van der Waals surface area (Å²) in [7, 11) is 0. The summed E-state index contributed by atoms with van der Waals surface area (Å²) in [5.74, 6) is -1.08. The molecule has 0 bridgehead atoms. The SMILES string of the molecule is O=C(CN1C(=O)S/C(=C\c2cn(Cc3ccc(F)cc3)c3ccc(Br)cc23)C1=O)c1ccccc1. The highest BCUT2D eigenvalue weighted by Gasteiger charge is 2.36. The molecule has 1 aliphatic rings. The molecule has 2 amide bonds. The van der Waals surface area contributed by atoms with E-state index in [4.69, 9.17) is 0 Å². The van der Waals surface area contributed by atoms with Crippen LogP contribution in [-0.4, -0.2) is 32.9 Å². The Kier molecular flexibility index (Phi) is 6.40. The van der Waals surface area contributed by atoms with E-state index in [0.29, 0.717) is 12.1 Å². The molecule has 1 saturated heterocycles. The van der Waals surface area contributed by atoms with Gasteiger partial charge in [-0.2, -0.15) is 0 Å². The van der Waals surface area contributed by atoms with Gasteiger partial charge in [-0.1, -0.05) is 58.4 Å². The predicted molar refractivity (Wildman–Crippen MR) is 139 cm³/mol. The number of fused-ring (bicyclic) bond motifs is 1. The number of carbonyl (C=O) groups excluding carboxylic acids is 3. The van der Waals surface area contributed by atoms with Crippen molar-refractivity contribution in [1.82, 2.24) is 9.47 Å². The number of aromatic nitrogens is 1. The number of hydrogen-bond acceptors (Lipinski definition) is 4. The average molecular weight is 549 g/mol. The van der Waals surface area contributed by atoms with Crippen LogP contribution >= 0.6 is 27.7 Å².